The lowest BCUT2D eigenvalue weighted by Gasteiger charge is -2.26. The number of hydrogen-bond donors (Lipinski definition) is 0. The molecule has 0 spiro atoms. The Morgan fingerprint density at radius 1 is 0.358 bits per heavy atom. The van der Waals surface area contributed by atoms with Gasteiger partial charge in [-0.05, 0) is 82.4 Å². The van der Waals surface area contributed by atoms with Crippen LogP contribution < -0.4 is 4.90 Å². The van der Waals surface area contributed by atoms with Gasteiger partial charge in [-0.2, -0.15) is 0 Å². The van der Waals surface area contributed by atoms with Crippen LogP contribution >= 0.6 is 0 Å². The van der Waals surface area contributed by atoms with Gasteiger partial charge in [0.2, 0.25) is 5.89 Å². The number of nitrogens with zero attached hydrogens (tertiary/aromatic N) is 2. The first-order chi connectivity index (χ1) is 26.3. The number of fused-ring (bicyclic) bond motifs is 4. The van der Waals surface area contributed by atoms with Crippen LogP contribution in [0.5, 0.6) is 0 Å². The number of rotatable bonds is 7. The Kier molecular flexibility index (Phi) is 7.43. The first kappa shape index (κ1) is 30.6. The standard InChI is InChI=1S/C49H32N2O2/c1-4-13-33(14-5-1)35-23-27-39(28-24-35)51(41-20-12-19-38(31-41)34-15-6-2-7-16-34)40-29-25-36(26-30-40)46-47-42-21-10-11-22-43(42)52-44(47)32-45-48(46)50-49(53-45)37-17-8-3-9-18-37/h1-32H. The van der Waals surface area contributed by atoms with Gasteiger partial charge in [0.1, 0.15) is 16.7 Å². The highest BCUT2D eigenvalue weighted by Crippen LogP contribution is 2.44. The minimum absolute atomic E-state index is 0.582. The molecule has 0 radical (unpaired) electrons. The average molecular weight is 681 g/mol. The maximum absolute atomic E-state index is 6.41. The third kappa shape index (κ3) is 5.54. The van der Waals surface area contributed by atoms with Gasteiger partial charge in [-0.3, -0.25) is 0 Å². The van der Waals surface area contributed by atoms with Gasteiger partial charge in [0, 0.05) is 45.0 Å². The molecule has 0 bridgehead atoms. The van der Waals surface area contributed by atoms with E-state index < -0.39 is 0 Å². The molecule has 0 aliphatic rings. The Bertz CT molecular complexity index is 2860. The van der Waals surface area contributed by atoms with Crippen LogP contribution in [-0.2, 0) is 0 Å². The van der Waals surface area contributed by atoms with E-state index in [9.17, 15) is 0 Å². The van der Waals surface area contributed by atoms with Gasteiger partial charge in [0.25, 0.3) is 0 Å². The minimum Gasteiger partial charge on any atom is -0.456 e. The van der Waals surface area contributed by atoms with Crippen molar-refractivity contribution < 1.29 is 8.83 Å². The average Bonchev–Trinajstić information content (AvgIpc) is 3.83. The molecule has 250 valence electrons. The summed E-state index contributed by atoms with van der Waals surface area (Å²) < 4.78 is 12.8. The number of para-hydroxylation sites is 1. The van der Waals surface area contributed by atoms with Gasteiger partial charge in [0.15, 0.2) is 5.58 Å². The van der Waals surface area contributed by atoms with Crippen LogP contribution in [0.3, 0.4) is 0 Å². The fourth-order valence-electron chi connectivity index (χ4n) is 7.37. The van der Waals surface area contributed by atoms with E-state index in [1.165, 1.54) is 16.7 Å². The smallest absolute Gasteiger partial charge is 0.227 e. The summed E-state index contributed by atoms with van der Waals surface area (Å²) in [6, 6.07) is 67.5. The van der Waals surface area contributed by atoms with Crippen molar-refractivity contribution in [2.75, 3.05) is 4.90 Å². The molecule has 10 aromatic rings. The van der Waals surface area contributed by atoms with Crippen LogP contribution in [0.4, 0.5) is 17.1 Å². The summed E-state index contributed by atoms with van der Waals surface area (Å²) in [5, 5.41) is 2.07. The van der Waals surface area contributed by atoms with Gasteiger partial charge in [-0.25, -0.2) is 4.98 Å². The van der Waals surface area contributed by atoms with Crippen LogP contribution in [0.1, 0.15) is 0 Å². The van der Waals surface area contributed by atoms with Crippen molar-refractivity contribution in [1.29, 1.82) is 0 Å². The molecule has 0 saturated heterocycles. The zero-order chi connectivity index (χ0) is 35.1. The maximum atomic E-state index is 6.41. The molecule has 0 N–H and O–H groups in total. The first-order valence-electron chi connectivity index (χ1n) is 17.8. The second-order valence-electron chi connectivity index (χ2n) is 13.2. The predicted molar refractivity (Wildman–Crippen MR) is 218 cm³/mol. The molecule has 0 amide bonds. The number of benzene rings is 8. The largest absolute Gasteiger partial charge is 0.456 e. The summed E-state index contributed by atoms with van der Waals surface area (Å²) in [5.74, 6) is 0.582. The van der Waals surface area contributed by atoms with E-state index in [2.05, 4.69) is 144 Å². The van der Waals surface area contributed by atoms with Gasteiger partial charge in [-0.15, -0.1) is 0 Å². The molecule has 0 saturated carbocycles. The normalized spacial score (nSPS) is 11.4. The molecule has 4 heteroatoms. The Balaban J connectivity index is 1.13. The minimum atomic E-state index is 0.582. The second-order valence-corrected chi connectivity index (χ2v) is 13.2. The second kappa shape index (κ2) is 12.9. The van der Waals surface area contributed by atoms with Crippen LogP contribution in [0.2, 0.25) is 0 Å². The molecule has 2 heterocycles. The summed E-state index contributed by atoms with van der Waals surface area (Å²) in [6.07, 6.45) is 0. The first-order valence-corrected chi connectivity index (χ1v) is 17.8. The monoisotopic (exact) mass is 680 g/mol. The van der Waals surface area contributed by atoms with Gasteiger partial charge in [0.05, 0.1) is 0 Å². The zero-order valence-electron chi connectivity index (χ0n) is 28.7. The summed E-state index contributed by atoms with van der Waals surface area (Å²) in [7, 11) is 0. The summed E-state index contributed by atoms with van der Waals surface area (Å²) in [5.41, 5.74) is 13.9. The molecular formula is C49H32N2O2. The van der Waals surface area contributed by atoms with E-state index in [-0.39, 0.29) is 0 Å². The van der Waals surface area contributed by atoms with Crippen LogP contribution in [-0.4, -0.2) is 4.98 Å². The molecule has 8 aromatic carbocycles. The van der Waals surface area contributed by atoms with Crippen LogP contribution in [0.15, 0.2) is 203 Å². The Morgan fingerprint density at radius 2 is 0.906 bits per heavy atom. The number of oxazole rings is 1. The van der Waals surface area contributed by atoms with Crippen molar-refractivity contribution >= 4 is 50.1 Å². The molecule has 10 rings (SSSR count). The Morgan fingerprint density at radius 3 is 1.58 bits per heavy atom. The molecule has 0 unspecified atom stereocenters. The highest BCUT2D eigenvalue weighted by Gasteiger charge is 2.22. The third-order valence-corrected chi connectivity index (χ3v) is 9.90. The van der Waals surface area contributed by atoms with Crippen LogP contribution in [0.25, 0.3) is 77.9 Å². The summed E-state index contributed by atoms with van der Waals surface area (Å²) >= 11 is 0. The number of hydrogen-bond acceptors (Lipinski definition) is 4. The Hall–Kier alpha value is -7.17. The van der Waals surface area contributed by atoms with Gasteiger partial charge >= 0.3 is 0 Å². The van der Waals surface area contributed by atoms with E-state index in [0.29, 0.717) is 11.5 Å². The molecule has 4 nitrogen and oxygen atoms in total. The van der Waals surface area contributed by atoms with Crippen molar-refractivity contribution in [3.8, 4) is 44.8 Å². The molecule has 2 aromatic heterocycles. The van der Waals surface area contributed by atoms with E-state index in [1.54, 1.807) is 0 Å². The lowest BCUT2D eigenvalue weighted by atomic mass is 9.97. The van der Waals surface area contributed by atoms with E-state index in [0.717, 1.165) is 66.8 Å². The molecule has 0 aliphatic carbocycles. The molecule has 0 atom stereocenters. The maximum Gasteiger partial charge on any atom is 0.227 e. The third-order valence-electron chi connectivity index (χ3n) is 9.90. The van der Waals surface area contributed by atoms with E-state index >= 15 is 0 Å². The predicted octanol–water partition coefficient (Wildman–Crippen LogP) is 13.9. The number of furan rings is 1. The fraction of sp³-hybridized carbons (Fsp3) is 0. The number of aromatic nitrogens is 1. The van der Waals surface area contributed by atoms with Gasteiger partial charge in [-0.1, -0.05) is 133 Å². The highest BCUT2D eigenvalue weighted by atomic mass is 16.4. The quantitative estimate of drug-likeness (QED) is 0.168. The van der Waals surface area contributed by atoms with Crippen molar-refractivity contribution in [3.63, 3.8) is 0 Å². The summed E-state index contributed by atoms with van der Waals surface area (Å²) in [6.45, 7) is 0. The number of anilines is 3. The van der Waals surface area contributed by atoms with Crippen molar-refractivity contribution in [2.45, 2.75) is 0 Å². The van der Waals surface area contributed by atoms with Crippen LogP contribution in [0, 0.1) is 0 Å². The zero-order valence-corrected chi connectivity index (χ0v) is 28.7. The van der Waals surface area contributed by atoms with Gasteiger partial charge < -0.3 is 13.7 Å². The molecular weight excluding hydrogens is 649 g/mol. The van der Waals surface area contributed by atoms with Crippen molar-refractivity contribution in [1.82, 2.24) is 4.98 Å². The van der Waals surface area contributed by atoms with Crippen molar-refractivity contribution in [3.05, 3.63) is 194 Å². The molecule has 0 aliphatic heterocycles. The van der Waals surface area contributed by atoms with E-state index in [1.807, 2.05) is 54.6 Å². The molecule has 0 fully saturated rings. The fourth-order valence-corrected chi connectivity index (χ4v) is 7.37. The van der Waals surface area contributed by atoms with E-state index in [4.69, 9.17) is 13.8 Å². The Labute approximate surface area is 306 Å². The lowest BCUT2D eigenvalue weighted by molar-refractivity contribution is 0.617. The van der Waals surface area contributed by atoms with Crippen molar-refractivity contribution in [2.24, 2.45) is 0 Å². The topological polar surface area (TPSA) is 42.4 Å². The summed E-state index contributed by atoms with van der Waals surface area (Å²) in [4.78, 5) is 7.42. The molecule has 53 heavy (non-hydrogen) atoms. The SMILES string of the molecule is c1ccc(-c2ccc(N(c3ccc(-c4c5nc(-c6ccccc6)oc5cc5oc6ccccc6c45)cc3)c3cccc(-c4ccccc4)c3)cc2)cc1. The lowest BCUT2D eigenvalue weighted by Crippen LogP contribution is -2.10. The highest BCUT2D eigenvalue weighted by molar-refractivity contribution is 6.19.